The number of hydrogen-bond donors (Lipinski definition) is 0. The molecule has 52 valence electrons. The summed E-state index contributed by atoms with van der Waals surface area (Å²) in [5.41, 5.74) is 0.549. The zero-order valence-corrected chi connectivity index (χ0v) is 5.60. The molecule has 0 unspecified atom stereocenters. The first-order chi connectivity index (χ1) is 5.42. The molecule has 0 radical (unpaired) electrons. The highest BCUT2D eigenvalue weighted by Gasteiger charge is 1.97. The molecule has 0 aromatic carbocycles. The fourth-order valence-electron chi connectivity index (χ4n) is 0.925. The second-order valence-electron chi connectivity index (χ2n) is 2.04. The van der Waals surface area contributed by atoms with E-state index in [9.17, 15) is 0 Å². The number of fused-ring (bicyclic) bond motifs is 1. The maximum absolute atomic E-state index is 8.63. The molecule has 2 aromatic rings. The van der Waals surface area contributed by atoms with Crippen molar-refractivity contribution < 1.29 is 0 Å². The summed E-state index contributed by atoms with van der Waals surface area (Å²) >= 11 is 0. The first-order valence-corrected chi connectivity index (χ1v) is 3.10. The zero-order chi connectivity index (χ0) is 7.68. The lowest BCUT2D eigenvalue weighted by Crippen LogP contribution is -1.91. The number of rotatable bonds is 0. The van der Waals surface area contributed by atoms with Gasteiger partial charge in [0, 0.05) is 18.6 Å². The number of aromatic nitrogens is 3. The maximum atomic E-state index is 8.63. The number of hydrogen-bond acceptors (Lipinski definition) is 3. The second-order valence-corrected chi connectivity index (χ2v) is 2.04. The number of nitriles is 1. The van der Waals surface area contributed by atoms with Crippen LogP contribution < -0.4 is 0 Å². The molecule has 0 aliphatic carbocycles. The average Bonchev–Trinajstić information content (AvgIpc) is 2.50. The molecule has 4 nitrogen and oxygen atoms in total. The number of nitrogens with zero attached hydrogens (tertiary/aromatic N) is 4. The minimum Gasteiger partial charge on any atom is -0.275 e. The lowest BCUT2D eigenvalue weighted by Gasteiger charge is -1.92. The van der Waals surface area contributed by atoms with Crippen LogP contribution in [0.5, 0.6) is 0 Å². The van der Waals surface area contributed by atoms with Crippen molar-refractivity contribution in [3.63, 3.8) is 0 Å². The van der Waals surface area contributed by atoms with Crippen molar-refractivity contribution in [1.82, 2.24) is 14.4 Å². The number of imidazole rings is 1. The fourth-order valence-corrected chi connectivity index (χ4v) is 0.925. The molecule has 0 spiro atoms. The topological polar surface area (TPSA) is 54.0 Å². The van der Waals surface area contributed by atoms with Crippen LogP contribution in [0.4, 0.5) is 0 Å². The Morgan fingerprint density at radius 2 is 2.18 bits per heavy atom. The van der Waals surface area contributed by atoms with E-state index in [1.165, 1.54) is 0 Å². The van der Waals surface area contributed by atoms with Gasteiger partial charge in [-0.3, -0.25) is 4.40 Å². The van der Waals surface area contributed by atoms with Crippen LogP contribution in [0.1, 0.15) is 5.69 Å². The van der Waals surface area contributed by atoms with Gasteiger partial charge in [0.05, 0.1) is 0 Å². The third-order valence-electron chi connectivity index (χ3n) is 1.42. The van der Waals surface area contributed by atoms with E-state index in [0.717, 1.165) is 0 Å². The van der Waals surface area contributed by atoms with Gasteiger partial charge in [0.15, 0.2) is 0 Å². The van der Waals surface area contributed by atoms with E-state index in [1.807, 2.05) is 6.07 Å². The summed E-state index contributed by atoms with van der Waals surface area (Å²) in [7, 11) is 0. The Bertz CT molecular complexity index is 423. The predicted molar refractivity (Wildman–Crippen MR) is 37.7 cm³/mol. The Morgan fingerprint density at radius 3 is 3.00 bits per heavy atom. The lowest BCUT2D eigenvalue weighted by atomic mass is 10.4. The van der Waals surface area contributed by atoms with Crippen molar-refractivity contribution >= 4 is 5.78 Å². The summed E-state index contributed by atoms with van der Waals surface area (Å²) in [6, 6.07) is 3.69. The standard InChI is InChI=1S/C7H4N4/c8-5-6-1-2-9-7-10-3-4-11(6)7/h1-4H. The molecule has 0 aliphatic heterocycles. The Hall–Kier alpha value is -1.89. The molecule has 0 N–H and O–H groups in total. The van der Waals surface area contributed by atoms with Crippen molar-refractivity contribution in [3.8, 4) is 6.07 Å². The van der Waals surface area contributed by atoms with Crippen molar-refractivity contribution in [2.24, 2.45) is 0 Å². The second kappa shape index (κ2) is 2.06. The molecule has 11 heavy (non-hydrogen) atoms. The van der Waals surface area contributed by atoms with E-state index in [-0.39, 0.29) is 0 Å². The maximum Gasteiger partial charge on any atom is 0.234 e. The Kier molecular flexibility index (Phi) is 1.10. The third-order valence-corrected chi connectivity index (χ3v) is 1.42. The fraction of sp³-hybridized carbons (Fsp3) is 0. The van der Waals surface area contributed by atoms with E-state index in [4.69, 9.17) is 5.26 Å². The monoisotopic (exact) mass is 144 g/mol. The molecule has 2 rings (SSSR count). The Balaban J connectivity index is 2.92. The van der Waals surface area contributed by atoms with Gasteiger partial charge in [-0.1, -0.05) is 0 Å². The largest absolute Gasteiger partial charge is 0.275 e. The van der Waals surface area contributed by atoms with Crippen LogP contribution in [0.3, 0.4) is 0 Å². The summed E-state index contributed by atoms with van der Waals surface area (Å²) in [5.74, 6) is 0.559. The van der Waals surface area contributed by atoms with Gasteiger partial charge in [-0.25, -0.2) is 9.97 Å². The molecule has 0 atom stereocenters. The van der Waals surface area contributed by atoms with Crippen LogP contribution in [0.15, 0.2) is 24.7 Å². The molecule has 0 aliphatic rings. The van der Waals surface area contributed by atoms with Gasteiger partial charge in [0.2, 0.25) is 5.78 Å². The van der Waals surface area contributed by atoms with Gasteiger partial charge in [-0.2, -0.15) is 5.26 Å². The molecule has 0 saturated carbocycles. The van der Waals surface area contributed by atoms with Crippen LogP contribution in [-0.2, 0) is 0 Å². The third kappa shape index (κ3) is 0.749. The molecule has 0 bridgehead atoms. The van der Waals surface area contributed by atoms with E-state index >= 15 is 0 Å². The zero-order valence-electron chi connectivity index (χ0n) is 5.60. The summed E-state index contributed by atoms with van der Waals surface area (Å²) in [6.07, 6.45) is 4.89. The summed E-state index contributed by atoms with van der Waals surface area (Å²) in [6.45, 7) is 0. The van der Waals surface area contributed by atoms with Crippen molar-refractivity contribution in [1.29, 1.82) is 5.26 Å². The Labute approximate surface area is 62.7 Å². The summed E-state index contributed by atoms with van der Waals surface area (Å²) in [4.78, 5) is 7.88. The van der Waals surface area contributed by atoms with Crippen LogP contribution in [0, 0.1) is 11.3 Å². The molecule has 0 fully saturated rings. The normalized spacial score (nSPS) is 9.73. The highest BCUT2D eigenvalue weighted by Crippen LogP contribution is 1.99. The first kappa shape index (κ1) is 5.86. The lowest BCUT2D eigenvalue weighted by molar-refractivity contribution is 1.08. The van der Waals surface area contributed by atoms with E-state index in [0.29, 0.717) is 11.5 Å². The molecule has 2 aromatic heterocycles. The van der Waals surface area contributed by atoms with Crippen LogP contribution in [-0.4, -0.2) is 14.4 Å². The first-order valence-electron chi connectivity index (χ1n) is 3.10. The minimum atomic E-state index is 0.549. The van der Waals surface area contributed by atoms with E-state index in [2.05, 4.69) is 9.97 Å². The average molecular weight is 144 g/mol. The van der Waals surface area contributed by atoms with Crippen LogP contribution >= 0.6 is 0 Å². The predicted octanol–water partition coefficient (Wildman–Crippen LogP) is 0.601. The van der Waals surface area contributed by atoms with Crippen molar-refractivity contribution in [2.75, 3.05) is 0 Å². The smallest absolute Gasteiger partial charge is 0.234 e. The van der Waals surface area contributed by atoms with Gasteiger partial charge in [-0.05, 0) is 6.07 Å². The molecule has 0 amide bonds. The summed E-state index contributed by atoms with van der Waals surface area (Å²) in [5, 5.41) is 8.63. The van der Waals surface area contributed by atoms with Crippen LogP contribution in [0.25, 0.3) is 5.78 Å². The Morgan fingerprint density at radius 1 is 1.36 bits per heavy atom. The van der Waals surface area contributed by atoms with Crippen molar-refractivity contribution in [3.05, 3.63) is 30.4 Å². The SMILES string of the molecule is N#Cc1ccnc2nccn12. The van der Waals surface area contributed by atoms with Crippen LogP contribution in [0.2, 0.25) is 0 Å². The summed E-state index contributed by atoms with van der Waals surface area (Å²) < 4.78 is 1.64. The van der Waals surface area contributed by atoms with E-state index in [1.54, 1.807) is 29.1 Å². The van der Waals surface area contributed by atoms with Gasteiger partial charge in [0.1, 0.15) is 11.8 Å². The van der Waals surface area contributed by atoms with E-state index < -0.39 is 0 Å². The molecular formula is C7H4N4. The molecule has 2 heterocycles. The van der Waals surface area contributed by atoms with Crippen molar-refractivity contribution in [2.45, 2.75) is 0 Å². The molecular weight excluding hydrogens is 140 g/mol. The minimum absolute atomic E-state index is 0.549. The van der Waals surface area contributed by atoms with Gasteiger partial charge in [-0.15, -0.1) is 0 Å². The molecule has 4 heteroatoms. The highest BCUT2D eigenvalue weighted by atomic mass is 15.1. The molecule has 0 saturated heterocycles. The van der Waals surface area contributed by atoms with Gasteiger partial charge < -0.3 is 0 Å². The van der Waals surface area contributed by atoms with Gasteiger partial charge >= 0.3 is 0 Å². The quantitative estimate of drug-likeness (QED) is 0.544. The highest BCUT2D eigenvalue weighted by molar-refractivity contribution is 5.34. The van der Waals surface area contributed by atoms with Gasteiger partial charge in [0.25, 0.3) is 0 Å².